The second-order valence-electron chi connectivity index (χ2n) is 9.18. The van der Waals surface area contributed by atoms with Gasteiger partial charge in [-0.2, -0.15) is 0 Å². The van der Waals surface area contributed by atoms with Crippen LogP contribution in [-0.2, 0) is 0 Å². The van der Waals surface area contributed by atoms with Gasteiger partial charge in [-0.3, -0.25) is 0 Å². The van der Waals surface area contributed by atoms with E-state index in [1.54, 1.807) is 0 Å². The van der Waals surface area contributed by atoms with E-state index in [9.17, 15) is 5.11 Å². The number of aliphatic hydroxyl groups is 1. The maximum atomic E-state index is 10.3. The summed E-state index contributed by atoms with van der Waals surface area (Å²) in [6, 6.07) is 0. The van der Waals surface area contributed by atoms with Crippen LogP contribution >= 0.6 is 0 Å². The highest BCUT2D eigenvalue weighted by Crippen LogP contribution is 2.59. The first-order chi connectivity index (χ1) is 10.8. The molecule has 2 saturated carbocycles. The molecule has 0 heterocycles. The molecule has 0 saturated heterocycles. The third-order valence-corrected chi connectivity index (χ3v) is 7.70. The van der Waals surface area contributed by atoms with Gasteiger partial charge in [0.15, 0.2) is 0 Å². The molecular weight excluding hydrogens is 280 g/mol. The van der Waals surface area contributed by atoms with Gasteiger partial charge in [0.1, 0.15) is 0 Å². The van der Waals surface area contributed by atoms with Crippen LogP contribution in [0, 0.1) is 35.0 Å². The van der Waals surface area contributed by atoms with Crippen molar-refractivity contribution in [1.82, 2.24) is 0 Å². The summed E-state index contributed by atoms with van der Waals surface area (Å²) in [5, 5.41) is 10.3. The van der Waals surface area contributed by atoms with Crippen molar-refractivity contribution >= 4 is 0 Å². The Morgan fingerprint density at radius 3 is 2.57 bits per heavy atom. The molecule has 1 nitrogen and oxygen atoms in total. The molecule has 0 radical (unpaired) electrons. The van der Waals surface area contributed by atoms with Gasteiger partial charge in [-0.1, -0.05) is 65.5 Å². The zero-order chi connectivity index (χ0) is 17.2. The minimum atomic E-state index is -0.311. The maximum absolute atomic E-state index is 10.3. The van der Waals surface area contributed by atoms with E-state index in [0.717, 1.165) is 42.1 Å². The molecule has 134 valence electrons. The Labute approximate surface area is 144 Å². The van der Waals surface area contributed by atoms with Crippen molar-refractivity contribution in [3.63, 3.8) is 0 Å². The molecular formula is C22H40O. The molecule has 0 aromatic carbocycles. The third-order valence-electron chi connectivity index (χ3n) is 7.70. The van der Waals surface area contributed by atoms with Crippen molar-refractivity contribution in [2.24, 2.45) is 35.0 Å². The molecule has 0 spiro atoms. The van der Waals surface area contributed by atoms with E-state index in [0.29, 0.717) is 11.3 Å². The van der Waals surface area contributed by atoms with Gasteiger partial charge in [0.25, 0.3) is 0 Å². The van der Waals surface area contributed by atoms with Crippen LogP contribution in [-0.4, -0.2) is 11.2 Å². The molecule has 7 atom stereocenters. The zero-order valence-corrected chi connectivity index (χ0v) is 16.3. The largest absolute Gasteiger partial charge is 0.388 e. The van der Waals surface area contributed by atoms with Crippen LogP contribution in [0.5, 0.6) is 0 Å². The first-order valence-corrected chi connectivity index (χ1v) is 10.1. The van der Waals surface area contributed by atoms with Gasteiger partial charge in [0, 0.05) is 0 Å². The molecule has 2 aliphatic rings. The van der Waals surface area contributed by atoms with Gasteiger partial charge in [-0.05, 0) is 67.6 Å². The first kappa shape index (κ1) is 19.0. The summed E-state index contributed by atoms with van der Waals surface area (Å²) in [7, 11) is 0. The predicted molar refractivity (Wildman–Crippen MR) is 100 cm³/mol. The van der Waals surface area contributed by atoms with Crippen LogP contribution in [0.25, 0.3) is 0 Å². The molecule has 1 N–H and O–H groups in total. The van der Waals surface area contributed by atoms with E-state index < -0.39 is 0 Å². The number of fused-ring (bicyclic) bond motifs is 1. The van der Waals surface area contributed by atoms with Gasteiger partial charge in [-0.25, -0.2) is 0 Å². The molecule has 23 heavy (non-hydrogen) atoms. The summed E-state index contributed by atoms with van der Waals surface area (Å²) >= 11 is 0. The molecule has 0 amide bonds. The smallest absolute Gasteiger partial charge is 0.0772 e. The Morgan fingerprint density at radius 2 is 1.96 bits per heavy atom. The Hall–Kier alpha value is -0.300. The minimum Gasteiger partial charge on any atom is -0.388 e. The van der Waals surface area contributed by atoms with Crippen LogP contribution in [0.1, 0.15) is 86.0 Å². The second kappa shape index (κ2) is 7.72. The third kappa shape index (κ3) is 3.86. The second-order valence-corrected chi connectivity index (χ2v) is 9.18. The molecule has 2 fully saturated rings. The number of hydrogen-bond donors (Lipinski definition) is 1. The number of hydrogen-bond acceptors (Lipinski definition) is 1. The topological polar surface area (TPSA) is 20.2 Å². The van der Waals surface area contributed by atoms with Crippen molar-refractivity contribution in [1.29, 1.82) is 0 Å². The maximum Gasteiger partial charge on any atom is 0.0772 e. The fraction of sp³-hybridized carbons (Fsp3) is 0.909. The van der Waals surface area contributed by atoms with Crippen LogP contribution in [0.2, 0.25) is 0 Å². The summed E-state index contributed by atoms with van der Waals surface area (Å²) in [5.74, 6) is 3.98. The standard InChI is InChI=1S/C22H40O/c1-7-18(21(23)15(2)3)11-10-17(5)20-13-12-19-16(4)9-8-14-22(19,20)6/h16-21,23H,2,7-14H2,1,3-6H3/t16-,17?,18?,19?,20+,21?,22-/m0/s1. The average molecular weight is 321 g/mol. The normalized spacial score (nSPS) is 37.9. The molecule has 0 aliphatic heterocycles. The van der Waals surface area contributed by atoms with E-state index in [-0.39, 0.29) is 6.10 Å². The summed E-state index contributed by atoms with van der Waals surface area (Å²) < 4.78 is 0. The lowest BCUT2D eigenvalue weighted by Crippen LogP contribution is -2.38. The minimum absolute atomic E-state index is 0.311. The lowest BCUT2D eigenvalue weighted by atomic mass is 9.59. The molecule has 2 rings (SSSR count). The quantitative estimate of drug-likeness (QED) is 0.552. The van der Waals surface area contributed by atoms with Crippen molar-refractivity contribution in [3.05, 3.63) is 12.2 Å². The SMILES string of the molecule is C=C(C)C(O)C(CC)CCC(C)[C@H]1CCC2[C@@H](C)CCC[C@@]21C. The van der Waals surface area contributed by atoms with Crippen molar-refractivity contribution in [3.8, 4) is 0 Å². The molecule has 0 aromatic rings. The van der Waals surface area contributed by atoms with Crippen LogP contribution < -0.4 is 0 Å². The zero-order valence-electron chi connectivity index (χ0n) is 16.3. The van der Waals surface area contributed by atoms with E-state index in [1.807, 2.05) is 6.92 Å². The van der Waals surface area contributed by atoms with E-state index in [2.05, 4.69) is 34.3 Å². The van der Waals surface area contributed by atoms with Gasteiger partial charge >= 0.3 is 0 Å². The fourth-order valence-electron chi connectivity index (χ4n) is 6.21. The summed E-state index contributed by atoms with van der Waals surface area (Å²) in [4.78, 5) is 0. The van der Waals surface area contributed by atoms with Crippen LogP contribution in [0.15, 0.2) is 12.2 Å². The highest BCUT2D eigenvalue weighted by molar-refractivity contribution is 5.02. The molecule has 0 aromatic heterocycles. The Kier molecular flexibility index (Phi) is 6.39. The molecule has 2 aliphatic carbocycles. The van der Waals surface area contributed by atoms with Gasteiger partial charge in [-0.15, -0.1) is 0 Å². The van der Waals surface area contributed by atoms with Gasteiger partial charge in [0.05, 0.1) is 6.10 Å². The predicted octanol–water partition coefficient (Wildman–Crippen LogP) is 6.22. The fourth-order valence-corrected chi connectivity index (χ4v) is 6.21. The summed E-state index contributed by atoms with van der Waals surface area (Å²) in [6.45, 7) is 15.7. The molecule has 4 unspecified atom stereocenters. The Bertz CT molecular complexity index is 401. The Morgan fingerprint density at radius 1 is 1.26 bits per heavy atom. The highest BCUT2D eigenvalue weighted by Gasteiger charge is 2.51. The highest BCUT2D eigenvalue weighted by atomic mass is 16.3. The lowest BCUT2D eigenvalue weighted by molar-refractivity contribution is 0.0318. The van der Waals surface area contributed by atoms with Crippen molar-refractivity contribution in [2.45, 2.75) is 92.1 Å². The first-order valence-electron chi connectivity index (χ1n) is 10.1. The van der Waals surface area contributed by atoms with Gasteiger partial charge in [0.2, 0.25) is 0 Å². The summed E-state index contributed by atoms with van der Waals surface area (Å²) in [6.07, 6.45) is 10.4. The average Bonchev–Trinajstić information content (AvgIpc) is 2.85. The van der Waals surface area contributed by atoms with Crippen molar-refractivity contribution < 1.29 is 5.11 Å². The lowest BCUT2D eigenvalue weighted by Gasteiger charge is -2.46. The molecule has 1 heteroatoms. The van der Waals surface area contributed by atoms with Crippen LogP contribution in [0.4, 0.5) is 0 Å². The van der Waals surface area contributed by atoms with E-state index in [4.69, 9.17) is 0 Å². The van der Waals surface area contributed by atoms with E-state index >= 15 is 0 Å². The van der Waals surface area contributed by atoms with E-state index in [1.165, 1.54) is 38.5 Å². The molecule has 0 bridgehead atoms. The number of rotatable bonds is 7. The monoisotopic (exact) mass is 320 g/mol. The van der Waals surface area contributed by atoms with Crippen LogP contribution in [0.3, 0.4) is 0 Å². The summed E-state index contributed by atoms with van der Waals surface area (Å²) in [5.41, 5.74) is 1.52. The van der Waals surface area contributed by atoms with Crippen molar-refractivity contribution in [2.75, 3.05) is 0 Å². The Balaban J connectivity index is 1.95. The number of aliphatic hydroxyl groups excluding tert-OH is 1. The van der Waals surface area contributed by atoms with Gasteiger partial charge < -0.3 is 5.11 Å².